The Balaban J connectivity index is 2.51. The van der Waals surface area contributed by atoms with E-state index in [1.54, 1.807) is 6.92 Å². The maximum atomic E-state index is 11.3. The van der Waals surface area contributed by atoms with E-state index in [4.69, 9.17) is 5.41 Å². The normalized spacial score (nSPS) is 15.9. The average Bonchev–Trinajstić information content (AvgIpc) is 2.44. The largest absolute Gasteiger partial charge is 0.307 e. The van der Waals surface area contributed by atoms with E-state index in [0.717, 1.165) is 5.56 Å². The standard InChI is InChI=1S/C12H12N2O/c1-7-3-5-9(6-4-7)10-8(2)12(15)14-11(10)13/h3-6H,1-2H3,(H2,13,14,15). The summed E-state index contributed by atoms with van der Waals surface area (Å²) in [6.45, 7) is 3.75. The molecule has 0 bridgehead atoms. The molecule has 0 aliphatic carbocycles. The molecule has 1 amide bonds. The number of amidine groups is 1. The van der Waals surface area contributed by atoms with E-state index in [1.165, 1.54) is 5.56 Å². The molecule has 0 unspecified atom stereocenters. The van der Waals surface area contributed by atoms with Gasteiger partial charge in [-0.25, -0.2) is 0 Å². The molecule has 2 N–H and O–H groups in total. The maximum absolute atomic E-state index is 11.3. The molecule has 1 aliphatic rings. The topological polar surface area (TPSA) is 53.0 Å². The SMILES string of the molecule is CC1=C(c2ccc(C)cc2)C(=N)NC1=O. The lowest BCUT2D eigenvalue weighted by molar-refractivity contribution is -0.115. The van der Waals surface area contributed by atoms with Crippen LogP contribution in [0.5, 0.6) is 0 Å². The second-order valence-corrected chi connectivity index (χ2v) is 3.70. The van der Waals surface area contributed by atoms with Gasteiger partial charge in [0.25, 0.3) is 5.91 Å². The first-order chi connectivity index (χ1) is 7.09. The summed E-state index contributed by atoms with van der Waals surface area (Å²) in [7, 11) is 0. The monoisotopic (exact) mass is 200 g/mol. The molecular weight excluding hydrogens is 188 g/mol. The Bertz CT molecular complexity index is 469. The smallest absolute Gasteiger partial charge is 0.253 e. The molecule has 0 saturated carbocycles. The summed E-state index contributed by atoms with van der Waals surface area (Å²) >= 11 is 0. The van der Waals surface area contributed by atoms with Gasteiger partial charge in [-0.1, -0.05) is 29.8 Å². The van der Waals surface area contributed by atoms with Crippen molar-refractivity contribution in [3.63, 3.8) is 0 Å². The van der Waals surface area contributed by atoms with Gasteiger partial charge in [-0.2, -0.15) is 0 Å². The van der Waals surface area contributed by atoms with Gasteiger partial charge in [0.1, 0.15) is 5.84 Å². The number of carbonyl (C=O) groups is 1. The van der Waals surface area contributed by atoms with Crippen molar-refractivity contribution in [1.29, 1.82) is 5.41 Å². The molecule has 0 fully saturated rings. The lowest BCUT2D eigenvalue weighted by atomic mass is 10.0. The molecule has 0 atom stereocenters. The van der Waals surface area contributed by atoms with Crippen molar-refractivity contribution in [3.05, 3.63) is 41.0 Å². The second-order valence-electron chi connectivity index (χ2n) is 3.70. The van der Waals surface area contributed by atoms with E-state index < -0.39 is 0 Å². The number of hydrogen-bond acceptors (Lipinski definition) is 2. The minimum absolute atomic E-state index is 0.171. The van der Waals surface area contributed by atoms with E-state index in [1.807, 2.05) is 31.2 Å². The minimum Gasteiger partial charge on any atom is -0.307 e. The van der Waals surface area contributed by atoms with Crippen LogP contribution in [-0.2, 0) is 4.79 Å². The van der Waals surface area contributed by atoms with Crippen LogP contribution in [0.4, 0.5) is 0 Å². The highest BCUT2D eigenvalue weighted by atomic mass is 16.2. The highest BCUT2D eigenvalue weighted by Crippen LogP contribution is 2.23. The van der Waals surface area contributed by atoms with Crippen molar-refractivity contribution in [1.82, 2.24) is 5.32 Å². The highest BCUT2D eigenvalue weighted by molar-refractivity contribution is 6.36. The molecule has 3 nitrogen and oxygen atoms in total. The molecule has 0 aromatic heterocycles. The van der Waals surface area contributed by atoms with Gasteiger partial charge in [0, 0.05) is 11.1 Å². The lowest BCUT2D eigenvalue weighted by Crippen LogP contribution is -2.22. The Kier molecular flexibility index (Phi) is 2.15. The quantitative estimate of drug-likeness (QED) is 0.714. The highest BCUT2D eigenvalue weighted by Gasteiger charge is 2.24. The minimum atomic E-state index is -0.171. The van der Waals surface area contributed by atoms with E-state index >= 15 is 0 Å². The molecule has 1 heterocycles. The summed E-state index contributed by atoms with van der Waals surface area (Å²) in [6.07, 6.45) is 0. The summed E-state index contributed by atoms with van der Waals surface area (Å²) in [5.41, 5.74) is 3.41. The van der Waals surface area contributed by atoms with Crippen LogP contribution in [0.3, 0.4) is 0 Å². The van der Waals surface area contributed by atoms with Crippen LogP contribution in [0.1, 0.15) is 18.1 Å². The van der Waals surface area contributed by atoms with Gasteiger partial charge < -0.3 is 5.32 Å². The zero-order chi connectivity index (χ0) is 11.0. The van der Waals surface area contributed by atoms with Crippen LogP contribution in [-0.4, -0.2) is 11.7 Å². The van der Waals surface area contributed by atoms with E-state index in [-0.39, 0.29) is 11.7 Å². The number of aryl methyl sites for hydroxylation is 1. The van der Waals surface area contributed by atoms with Crippen molar-refractivity contribution < 1.29 is 4.79 Å². The number of benzene rings is 1. The fourth-order valence-electron chi connectivity index (χ4n) is 1.65. The third kappa shape index (κ3) is 1.56. The van der Waals surface area contributed by atoms with E-state index in [2.05, 4.69) is 5.32 Å². The second kappa shape index (κ2) is 3.35. The molecule has 76 valence electrons. The number of nitrogens with one attached hydrogen (secondary N) is 2. The van der Waals surface area contributed by atoms with E-state index in [0.29, 0.717) is 11.1 Å². The first-order valence-electron chi connectivity index (χ1n) is 4.78. The van der Waals surface area contributed by atoms with Gasteiger partial charge in [0.15, 0.2) is 0 Å². The molecule has 0 radical (unpaired) electrons. The number of rotatable bonds is 1. The molecule has 2 rings (SSSR count). The van der Waals surface area contributed by atoms with Crippen molar-refractivity contribution in [3.8, 4) is 0 Å². The molecule has 1 aromatic rings. The van der Waals surface area contributed by atoms with Crippen LogP contribution >= 0.6 is 0 Å². The molecule has 3 heteroatoms. The summed E-state index contributed by atoms with van der Waals surface area (Å²) in [6, 6.07) is 7.82. The van der Waals surface area contributed by atoms with Crippen molar-refractivity contribution in [2.24, 2.45) is 0 Å². The van der Waals surface area contributed by atoms with Gasteiger partial charge in [-0.3, -0.25) is 10.2 Å². The number of carbonyl (C=O) groups excluding carboxylic acids is 1. The third-order valence-corrected chi connectivity index (χ3v) is 2.54. The van der Waals surface area contributed by atoms with Crippen molar-refractivity contribution in [2.45, 2.75) is 13.8 Å². The molecule has 0 saturated heterocycles. The van der Waals surface area contributed by atoms with E-state index in [9.17, 15) is 4.79 Å². The Morgan fingerprint density at radius 3 is 2.20 bits per heavy atom. The Morgan fingerprint density at radius 2 is 1.73 bits per heavy atom. The summed E-state index contributed by atoms with van der Waals surface area (Å²) in [5, 5.41) is 10.2. The van der Waals surface area contributed by atoms with Crippen LogP contribution < -0.4 is 5.32 Å². The van der Waals surface area contributed by atoms with Crippen molar-refractivity contribution >= 4 is 17.3 Å². The zero-order valence-electron chi connectivity index (χ0n) is 8.72. The summed E-state index contributed by atoms with van der Waals surface area (Å²) < 4.78 is 0. The molecular formula is C12H12N2O. The van der Waals surface area contributed by atoms with Crippen LogP contribution in [0.2, 0.25) is 0 Å². The molecule has 1 aromatic carbocycles. The summed E-state index contributed by atoms with van der Waals surface area (Å²) in [4.78, 5) is 11.3. The summed E-state index contributed by atoms with van der Waals surface area (Å²) in [5.74, 6) is 0.0249. The molecule has 0 spiro atoms. The first kappa shape index (κ1) is 9.65. The van der Waals surface area contributed by atoms with Gasteiger partial charge in [-0.05, 0) is 19.4 Å². The van der Waals surface area contributed by atoms with Gasteiger partial charge >= 0.3 is 0 Å². The zero-order valence-corrected chi connectivity index (χ0v) is 8.72. The van der Waals surface area contributed by atoms with Crippen LogP contribution in [0, 0.1) is 12.3 Å². The Labute approximate surface area is 88.3 Å². The van der Waals surface area contributed by atoms with Crippen molar-refractivity contribution in [2.75, 3.05) is 0 Å². The fourth-order valence-corrected chi connectivity index (χ4v) is 1.65. The predicted molar refractivity (Wildman–Crippen MR) is 59.6 cm³/mol. The van der Waals surface area contributed by atoms with Crippen LogP contribution in [0.15, 0.2) is 29.8 Å². The van der Waals surface area contributed by atoms with Crippen LogP contribution in [0.25, 0.3) is 5.57 Å². The Hall–Kier alpha value is -1.90. The number of amides is 1. The van der Waals surface area contributed by atoms with Gasteiger partial charge in [0.05, 0.1) is 0 Å². The number of hydrogen-bond donors (Lipinski definition) is 2. The maximum Gasteiger partial charge on any atom is 0.253 e. The fraction of sp³-hybridized carbons (Fsp3) is 0.167. The average molecular weight is 200 g/mol. The molecule has 1 aliphatic heterocycles. The first-order valence-corrected chi connectivity index (χ1v) is 4.78. The lowest BCUT2D eigenvalue weighted by Gasteiger charge is -2.03. The molecule has 15 heavy (non-hydrogen) atoms. The predicted octanol–water partition coefficient (Wildman–Crippen LogP) is 1.88. The van der Waals surface area contributed by atoms with Gasteiger partial charge in [0.2, 0.25) is 0 Å². The third-order valence-electron chi connectivity index (χ3n) is 2.54. The van der Waals surface area contributed by atoms with Gasteiger partial charge in [-0.15, -0.1) is 0 Å². The Morgan fingerprint density at radius 1 is 1.13 bits per heavy atom.